The SMILES string of the molecule is CC(=O)Oc1c(Cl)cc(C(=O)N2CCOc3ccccc32)cc1Cl. The molecule has 0 spiro atoms. The fourth-order valence-corrected chi connectivity index (χ4v) is 3.03. The van der Waals surface area contributed by atoms with Crippen molar-refractivity contribution in [3.63, 3.8) is 0 Å². The fourth-order valence-electron chi connectivity index (χ4n) is 2.46. The Morgan fingerprint density at radius 3 is 2.50 bits per heavy atom. The molecule has 0 fully saturated rings. The number of rotatable bonds is 2. The van der Waals surface area contributed by atoms with Crippen LogP contribution >= 0.6 is 23.2 Å². The number of nitrogens with zero attached hydrogens (tertiary/aromatic N) is 1. The van der Waals surface area contributed by atoms with Crippen molar-refractivity contribution in [3.8, 4) is 11.5 Å². The first-order chi connectivity index (χ1) is 11.5. The Hall–Kier alpha value is -2.24. The topological polar surface area (TPSA) is 55.8 Å². The van der Waals surface area contributed by atoms with E-state index in [-0.39, 0.29) is 21.7 Å². The Morgan fingerprint density at radius 1 is 1.17 bits per heavy atom. The van der Waals surface area contributed by atoms with Gasteiger partial charge in [0.1, 0.15) is 12.4 Å². The number of hydrogen-bond acceptors (Lipinski definition) is 4. The molecule has 0 saturated heterocycles. The Morgan fingerprint density at radius 2 is 1.83 bits per heavy atom. The zero-order valence-electron chi connectivity index (χ0n) is 12.7. The van der Waals surface area contributed by atoms with Crippen LogP contribution in [0.1, 0.15) is 17.3 Å². The van der Waals surface area contributed by atoms with Gasteiger partial charge in [0.25, 0.3) is 5.91 Å². The molecule has 7 heteroatoms. The maximum absolute atomic E-state index is 12.8. The molecule has 0 aliphatic carbocycles. The third-order valence-electron chi connectivity index (χ3n) is 3.46. The van der Waals surface area contributed by atoms with Crippen LogP contribution in [0.4, 0.5) is 5.69 Å². The number of ether oxygens (including phenoxy) is 2. The van der Waals surface area contributed by atoms with E-state index < -0.39 is 5.97 Å². The number of fused-ring (bicyclic) bond motifs is 1. The summed E-state index contributed by atoms with van der Waals surface area (Å²) >= 11 is 12.2. The Labute approximate surface area is 148 Å². The summed E-state index contributed by atoms with van der Waals surface area (Å²) in [5.41, 5.74) is 0.989. The molecular weight excluding hydrogens is 353 g/mol. The van der Waals surface area contributed by atoms with Crippen molar-refractivity contribution in [3.05, 3.63) is 52.0 Å². The van der Waals surface area contributed by atoms with E-state index in [9.17, 15) is 9.59 Å². The molecule has 1 aliphatic heterocycles. The number of carbonyl (C=O) groups excluding carboxylic acids is 2. The molecule has 0 bridgehead atoms. The number of hydrogen-bond donors (Lipinski definition) is 0. The number of carbonyl (C=O) groups is 2. The molecule has 24 heavy (non-hydrogen) atoms. The van der Waals surface area contributed by atoms with Crippen molar-refractivity contribution in [2.75, 3.05) is 18.1 Å². The van der Waals surface area contributed by atoms with Crippen LogP contribution < -0.4 is 14.4 Å². The molecule has 1 aliphatic rings. The highest BCUT2D eigenvalue weighted by Crippen LogP contribution is 2.36. The fraction of sp³-hybridized carbons (Fsp3) is 0.176. The van der Waals surface area contributed by atoms with Crippen LogP contribution in [-0.4, -0.2) is 25.0 Å². The molecular formula is C17H13Cl2NO4. The summed E-state index contributed by atoms with van der Waals surface area (Å²) in [6.45, 7) is 2.06. The second-order valence-corrected chi connectivity index (χ2v) is 5.95. The van der Waals surface area contributed by atoms with Gasteiger partial charge in [0.05, 0.1) is 22.3 Å². The molecule has 5 nitrogen and oxygen atoms in total. The van der Waals surface area contributed by atoms with Crippen molar-refractivity contribution in [2.45, 2.75) is 6.92 Å². The zero-order chi connectivity index (χ0) is 17.3. The summed E-state index contributed by atoms with van der Waals surface area (Å²) in [6, 6.07) is 10.2. The first-order valence-corrected chi connectivity index (χ1v) is 7.94. The molecule has 0 unspecified atom stereocenters. The molecule has 0 atom stereocenters. The predicted molar refractivity (Wildman–Crippen MR) is 91.4 cm³/mol. The molecule has 2 aromatic rings. The minimum Gasteiger partial charge on any atom is -0.490 e. The molecule has 0 saturated carbocycles. The summed E-state index contributed by atoms with van der Waals surface area (Å²) in [5, 5.41) is 0.199. The molecule has 0 radical (unpaired) electrons. The number of para-hydroxylation sites is 2. The quantitative estimate of drug-likeness (QED) is 0.597. The van der Waals surface area contributed by atoms with Crippen molar-refractivity contribution >= 4 is 40.8 Å². The molecule has 3 rings (SSSR count). The number of anilines is 1. The van der Waals surface area contributed by atoms with Crippen LogP contribution in [-0.2, 0) is 4.79 Å². The van der Waals surface area contributed by atoms with Gasteiger partial charge in [-0.2, -0.15) is 0 Å². The monoisotopic (exact) mass is 365 g/mol. The van der Waals surface area contributed by atoms with Crippen LogP contribution in [0, 0.1) is 0 Å². The molecule has 1 heterocycles. The Kier molecular flexibility index (Phi) is 4.64. The molecule has 124 valence electrons. The van der Waals surface area contributed by atoms with E-state index in [0.29, 0.717) is 30.2 Å². The largest absolute Gasteiger partial charge is 0.490 e. The van der Waals surface area contributed by atoms with Gasteiger partial charge >= 0.3 is 5.97 Å². The summed E-state index contributed by atoms with van der Waals surface area (Å²) in [4.78, 5) is 25.5. The average Bonchev–Trinajstić information content (AvgIpc) is 2.56. The van der Waals surface area contributed by atoms with Crippen LogP contribution in [0.25, 0.3) is 0 Å². The smallest absolute Gasteiger partial charge is 0.308 e. The molecule has 2 aromatic carbocycles. The van der Waals surface area contributed by atoms with Gasteiger partial charge in [-0.15, -0.1) is 0 Å². The van der Waals surface area contributed by atoms with Crippen LogP contribution in [0.3, 0.4) is 0 Å². The summed E-state index contributed by atoms with van der Waals surface area (Å²) in [6.07, 6.45) is 0. The number of esters is 1. The summed E-state index contributed by atoms with van der Waals surface area (Å²) < 4.78 is 10.5. The molecule has 0 N–H and O–H groups in total. The normalized spacial score (nSPS) is 13.0. The van der Waals surface area contributed by atoms with E-state index in [1.165, 1.54) is 19.1 Å². The third kappa shape index (κ3) is 3.18. The summed E-state index contributed by atoms with van der Waals surface area (Å²) in [7, 11) is 0. The Bertz CT molecular complexity index is 799. The van der Waals surface area contributed by atoms with Gasteiger partial charge in [0, 0.05) is 12.5 Å². The van der Waals surface area contributed by atoms with Crippen LogP contribution in [0.15, 0.2) is 36.4 Å². The second-order valence-electron chi connectivity index (χ2n) is 5.14. The maximum Gasteiger partial charge on any atom is 0.308 e. The van der Waals surface area contributed by atoms with Gasteiger partial charge in [-0.25, -0.2) is 0 Å². The molecule has 1 amide bonds. The van der Waals surface area contributed by atoms with E-state index in [0.717, 1.165) is 0 Å². The van der Waals surface area contributed by atoms with E-state index in [1.807, 2.05) is 18.2 Å². The third-order valence-corrected chi connectivity index (χ3v) is 4.03. The van der Waals surface area contributed by atoms with Crippen molar-refractivity contribution in [1.29, 1.82) is 0 Å². The predicted octanol–water partition coefficient (Wildman–Crippen LogP) is 3.96. The molecule has 0 aromatic heterocycles. The first-order valence-electron chi connectivity index (χ1n) is 7.18. The van der Waals surface area contributed by atoms with Gasteiger partial charge in [-0.3, -0.25) is 9.59 Å². The number of amides is 1. The highest BCUT2D eigenvalue weighted by Gasteiger charge is 2.26. The number of halogens is 2. The summed E-state index contributed by atoms with van der Waals surface area (Å²) in [5.74, 6) is -0.112. The highest BCUT2D eigenvalue weighted by molar-refractivity contribution is 6.38. The van der Waals surface area contributed by atoms with E-state index in [2.05, 4.69) is 0 Å². The second kappa shape index (κ2) is 6.71. The maximum atomic E-state index is 12.8. The van der Waals surface area contributed by atoms with Gasteiger partial charge < -0.3 is 14.4 Å². The van der Waals surface area contributed by atoms with Crippen LogP contribution in [0.2, 0.25) is 10.0 Å². The first kappa shape index (κ1) is 16.6. The lowest BCUT2D eigenvalue weighted by molar-refractivity contribution is -0.131. The highest BCUT2D eigenvalue weighted by atomic mass is 35.5. The standard InChI is InChI=1S/C17H13Cl2NO4/c1-10(21)24-16-12(18)8-11(9-13(16)19)17(22)20-6-7-23-15-5-3-2-4-14(15)20/h2-5,8-9H,6-7H2,1H3. The van der Waals surface area contributed by atoms with E-state index in [1.54, 1.807) is 11.0 Å². The minimum atomic E-state index is -0.542. The van der Waals surface area contributed by atoms with E-state index >= 15 is 0 Å². The Balaban J connectivity index is 1.96. The van der Waals surface area contributed by atoms with Crippen LogP contribution in [0.5, 0.6) is 11.5 Å². The lowest BCUT2D eigenvalue weighted by Crippen LogP contribution is -2.37. The van der Waals surface area contributed by atoms with Gasteiger partial charge in [-0.1, -0.05) is 35.3 Å². The average molecular weight is 366 g/mol. The van der Waals surface area contributed by atoms with Gasteiger partial charge in [-0.05, 0) is 24.3 Å². The van der Waals surface area contributed by atoms with E-state index in [4.69, 9.17) is 32.7 Å². The lowest BCUT2D eigenvalue weighted by atomic mass is 10.1. The van der Waals surface area contributed by atoms with Crippen molar-refractivity contribution < 1.29 is 19.1 Å². The van der Waals surface area contributed by atoms with Crippen molar-refractivity contribution in [1.82, 2.24) is 0 Å². The zero-order valence-corrected chi connectivity index (χ0v) is 14.2. The minimum absolute atomic E-state index is 0.0461. The van der Waals surface area contributed by atoms with Gasteiger partial charge in [0.15, 0.2) is 5.75 Å². The van der Waals surface area contributed by atoms with Crippen molar-refractivity contribution in [2.24, 2.45) is 0 Å². The van der Waals surface area contributed by atoms with Gasteiger partial charge in [0.2, 0.25) is 0 Å². The number of benzene rings is 2. The lowest BCUT2D eigenvalue weighted by Gasteiger charge is -2.29.